The highest BCUT2D eigenvalue weighted by molar-refractivity contribution is 9.10. The van der Waals surface area contributed by atoms with Gasteiger partial charge in [0.2, 0.25) is 5.91 Å². The van der Waals surface area contributed by atoms with Crippen molar-refractivity contribution < 1.29 is 9.18 Å². The third kappa shape index (κ3) is 3.54. The zero-order chi connectivity index (χ0) is 20.7. The van der Waals surface area contributed by atoms with E-state index in [1.54, 1.807) is 12.1 Å². The monoisotopic (exact) mass is 466 g/mol. The Bertz CT molecular complexity index is 1230. The lowest BCUT2D eigenvalue weighted by Gasteiger charge is -2.36. The molecular weight excluding hydrogens is 447 g/mol. The molecule has 0 radical (unpaired) electrons. The second-order valence-electron chi connectivity index (χ2n) is 7.50. The zero-order valence-corrected chi connectivity index (χ0v) is 17.8. The van der Waals surface area contributed by atoms with Gasteiger partial charge >= 0.3 is 0 Å². The fourth-order valence-electron chi connectivity index (χ4n) is 4.02. The molecule has 0 aliphatic carbocycles. The minimum absolute atomic E-state index is 0.0736. The zero-order valence-electron chi connectivity index (χ0n) is 16.3. The van der Waals surface area contributed by atoms with Crippen LogP contribution in [0.4, 0.5) is 10.2 Å². The smallest absolute Gasteiger partial charge is 0.227 e. The number of hydrogen-bond acceptors (Lipinski definition) is 3. The summed E-state index contributed by atoms with van der Waals surface area (Å²) in [5.74, 6) is 0.729. The maximum absolute atomic E-state index is 13.1. The minimum Gasteiger partial charge on any atom is -0.351 e. The van der Waals surface area contributed by atoms with Crippen LogP contribution in [-0.4, -0.2) is 46.4 Å². The van der Waals surface area contributed by atoms with Gasteiger partial charge in [-0.1, -0.05) is 28.1 Å². The first-order valence-electron chi connectivity index (χ1n) is 9.92. The fraction of sp³-hybridized carbons (Fsp3) is 0.217. The summed E-state index contributed by atoms with van der Waals surface area (Å²) >= 11 is 3.53. The van der Waals surface area contributed by atoms with Gasteiger partial charge in [0.25, 0.3) is 0 Å². The van der Waals surface area contributed by atoms with E-state index in [0.29, 0.717) is 19.5 Å². The molecule has 0 N–H and O–H groups in total. The highest BCUT2D eigenvalue weighted by atomic mass is 79.9. The molecule has 0 spiro atoms. The lowest BCUT2D eigenvalue weighted by atomic mass is 10.1. The van der Waals surface area contributed by atoms with Crippen LogP contribution in [0.15, 0.2) is 65.3 Å². The highest BCUT2D eigenvalue weighted by Crippen LogP contribution is 2.28. The number of benzene rings is 2. The second-order valence-corrected chi connectivity index (χ2v) is 8.42. The molecule has 1 aliphatic heterocycles. The van der Waals surface area contributed by atoms with Gasteiger partial charge in [0.05, 0.1) is 23.0 Å². The van der Waals surface area contributed by atoms with Crippen LogP contribution >= 0.6 is 15.9 Å². The lowest BCUT2D eigenvalue weighted by molar-refractivity contribution is -0.130. The number of amides is 1. The van der Waals surface area contributed by atoms with Crippen molar-refractivity contribution in [3.8, 4) is 0 Å². The van der Waals surface area contributed by atoms with Crippen molar-refractivity contribution in [2.24, 2.45) is 0 Å². The van der Waals surface area contributed by atoms with Gasteiger partial charge in [-0.15, -0.1) is 0 Å². The van der Waals surface area contributed by atoms with Gasteiger partial charge in [-0.3, -0.25) is 4.79 Å². The average Bonchev–Trinajstić information content (AvgIpc) is 3.25. The van der Waals surface area contributed by atoms with Crippen LogP contribution in [0.25, 0.3) is 16.6 Å². The van der Waals surface area contributed by atoms with E-state index in [9.17, 15) is 9.18 Å². The predicted molar refractivity (Wildman–Crippen MR) is 119 cm³/mol. The Morgan fingerprint density at radius 2 is 1.77 bits per heavy atom. The first kappa shape index (κ1) is 19.1. The Hall–Kier alpha value is -2.93. The van der Waals surface area contributed by atoms with Crippen LogP contribution in [0.1, 0.15) is 5.56 Å². The van der Waals surface area contributed by atoms with Gasteiger partial charge < -0.3 is 14.2 Å². The van der Waals surface area contributed by atoms with E-state index >= 15 is 0 Å². The first-order valence-corrected chi connectivity index (χ1v) is 10.7. The number of carbonyl (C=O) groups is 1. The lowest BCUT2D eigenvalue weighted by Crippen LogP contribution is -2.49. The Balaban J connectivity index is 1.35. The number of anilines is 1. The number of aromatic nitrogens is 2. The molecule has 7 heteroatoms. The molecule has 152 valence electrons. The number of nitrogens with zero attached hydrogens (tertiary/aromatic N) is 4. The maximum atomic E-state index is 13.1. The largest absolute Gasteiger partial charge is 0.351 e. The molecule has 5 rings (SSSR count). The van der Waals surface area contributed by atoms with Crippen LogP contribution in [0.3, 0.4) is 0 Å². The highest BCUT2D eigenvalue weighted by Gasteiger charge is 2.24. The van der Waals surface area contributed by atoms with E-state index in [4.69, 9.17) is 4.98 Å². The van der Waals surface area contributed by atoms with Gasteiger partial charge in [-0.05, 0) is 48.0 Å². The van der Waals surface area contributed by atoms with Crippen molar-refractivity contribution >= 4 is 44.2 Å². The van der Waals surface area contributed by atoms with Crippen LogP contribution in [0.5, 0.6) is 0 Å². The van der Waals surface area contributed by atoms with Crippen molar-refractivity contribution in [2.45, 2.75) is 6.42 Å². The third-order valence-corrected chi connectivity index (χ3v) is 6.09. The number of piperazine rings is 1. The average molecular weight is 467 g/mol. The third-order valence-electron chi connectivity index (χ3n) is 5.60. The molecule has 0 unspecified atom stereocenters. The summed E-state index contributed by atoms with van der Waals surface area (Å²) in [5, 5.41) is 0. The molecule has 1 saturated heterocycles. The first-order chi connectivity index (χ1) is 14.6. The van der Waals surface area contributed by atoms with Crippen LogP contribution in [0.2, 0.25) is 0 Å². The minimum atomic E-state index is -0.286. The Morgan fingerprint density at radius 1 is 1.00 bits per heavy atom. The van der Waals surface area contributed by atoms with Crippen LogP contribution in [0, 0.1) is 5.82 Å². The van der Waals surface area contributed by atoms with Gasteiger partial charge in [-0.25, -0.2) is 9.37 Å². The SMILES string of the molecule is O=C(Cc1ccc(F)cc1)N1CCN(c2nc3cc(Br)ccc3n3cccc23)CC1. The van der Waals surface area contributed by atoms with Gasteiger partial charge in [0.15, 0.2) is 5.82 Å². The molecule has 1 fully saturated rings. The summed E-state index contributed by atoms with van der Waals surface area (Å²) in [5.41, 5.74) is 3.89. The molecule has 1 amide bonds. The molecule has 30 heavy (non-hydrogen) atoms. The van der Waals surface area contributed by atoms with E-state index in [0.717, 1.165) is 45.5 Å². The Kier molecular flexibility index (Phi) is 4.90. The Morgan fingerprint density at radius 3 is 2.53 bits per heavy atom. The molecule has 2 aromatic heterocycles. The summed E-state index contributed by atoms with van der Waals surface area (Å²) in [6.45, 7) is 2.74. The van der Waals surface area contributed by atoms with E-state index < -0.39 is 0 Å². The molecule has 0 atom stereocenters. The molecule has 5 nitrogen and oxygen atoms in total. The summed E-state index contributed by atoms with van der Waals surface area (Å²) in [7, 11) is 0. The van der Waals surface area contributed by atoms with Crippen molar-refractivity contribution in [1.82, 2.24) is 14.3 Å². The Labute approximate surface area is 181 Å². The number of halogens is 2. The number of fused-ring (bicyclic) bond motifs is 3. The fourth-order valence-corrected chi connectivity index (χ4v) is 4.37. The van der Waals surface area contributed by atoms with Gasteiger partial charge in [-0.2, -0.15) is 0 Å². The van der Waals surface area contributed by atoms with E-state index in [2.05, 4.69) is 43.6 Å². The van der Waals surface area contributed by atoms with Crippen molar-refractivity contribution in [1.29, 1.82) is 0 Å². The van der Waals surface area contributed by atoms with Crippen LogP contribution < -0.4 is 4.90 Å². The molecular formula is C23H20BrFN4O. The van der Waals surface area contributed by atoms with Gasteiger partial charge in [0.1, 0.15) is 5.82 Å². The number of rotatable bonds is 3. The standard InChI is InChI=1S/C23H20BrFN4O/c24-17-5-8-20-19(15-17)26-23(21-2-1-9-29(20)21)28-12-10-27(11-13-28)22(30)14-16-3-6-18(25)7-4-16/h1-9,15H,10-14H2. The molecule has 4 aromatic rings. The maximum Gasteiger partial charge on any atom is 0.227 e. The van der Waals surface area contributed by atoms with E-state index in [-0.39, 0.29) is 11.7 Å². The van der Waals surface area contributed by atoms with Gasteiger partial charge in [0, 0.05) is 36.8 Å². The normalized spacial score (nSPS) is 14.6. The van der Waals surface area contributed by atoms with Crippen molar-refractivity contribution in [3.05, 3.63) is 76.6 Å². The number of hydrogen-bond donors (Lipinski definition) is 0. The second kappa shape index (κ2) is 7.72. The quantitative estimate of drug-likeness (QED) is 0.452. The molecule has 3 heterocycles. The van der Waals surface area contributed by atoms with Crippen molar-refractivity contribution in [3.63, 3.8) is 0 Å². The van der Waals surface area contributed by atoms with E-state index in [1.165, 1.54) is 12.1 Å². The van der Waals surface area contributed by atoms with Crippen molar-refractivity contribution in [2.75, 3.05) is 31.1 Å². The topological polar surface area (TPSA) is 40.9 Å². The van der Waals surface area contributed by atoms with Crippen LogP contribution in [-0.2, 0) is 11.2 Å². The summed E-state index contributed by atoms with van der Waals surface area (Å²) in [6.07, 6.45) is 2.35. The summed E-state index contributed by atoms with van der Waals surface area (Å²) < 4.78 is 16.2. The predicted octanol–water partition coefficient (Wildman–Crippen LogP) is 4.28. The molecule has 2 aromatic carbocycles. The summed E-state index contributed by atoms with van der Waals surface area (Å²) in [4.78, 5) is 21.7. The van der Waals surface area contributed by atoms with E-state index in [1.807, 2.05) is 23.1 Å². The molecule has 0 saturated carbocycles. The summed E-state index contributed by atoms with van der Waals surface area (Å²) in [6, 6.07) is 16.4. The molecule has 1 aliphatic rings. The number of carbonyl (C=O) groups excluding carboxylic acids is 1. The molecule has 0 bridgehead atoms.